The molecular formula is C22H28N4O2. The minimum atomic E-state index is -0.00564. The fourth-order valence-electron chi connectivity index (χ4n) is 4.16. The number of carbonyl (C=O) groups excluding carboxylic acids is 1. The van der Waals surface area contributed by atoms with Crippen LogP contribution in [0.25, 0.3) is 0 Å². The van der Waals surface area contributed by atoms with Crippen LogP contribution < -0.4 is 19.9 Å². The number of piperazine rings is 1. The van der Waals surface area contributed by atoms with Crippen LogP contribution in [0.15, 0.2) is 42.7 Å². The second kappa shape index (κ2) is 8.50. The summed E-state index contributed by atoms with van der Waals surface area (Å²) < 4.78 is 5.50. The number of carbonyl (C=O) groups is 1. The van der Waals surface area contributed by atoms with Crippen LogP contribution in [0.2, 0.25) is 0 Å². The maximum absolute atomic E-state index is 12.6. The number of hydrogen-bond donors (Lipinski definition) is 1. The molecule has 1 aliphatic carbocycles. The quantitative estimate of drug-likeness (QED) is 0.864. The molecule has 1 aromatic heterocycles. The van der Waals surface area contributed by atoms with Crippen molar-refractivity contribution in [3.63, 3.8) is 0 Å². The zero-order valence-corrected chi connectivity index (χ0v) is 16.4. The SMILES string of the molecule is COc1ccccc1N1CCN(c2cncc(C(=O)NC3CCCC3)c2)CC1. The zero-order valence-electron chi connectivity index (χ0n) is 16.4. The Morgan fingerprint density at radius 1 is 1.07 bits per heavy atom. The number of pyridine rings is 1. The highest BCUT2D eigenvalue weighted by molar-refractivity contribution is 5.95. The first-order valence-corrected chi connectivity index (χ1v) is 10.1. The van der Waals surface area contributed by atoms with Crippen molar-refractivity contribution < 1.29 is 9.53 Å². The molecule has 2 fully saturated rings. The number of ether oxygens (including phenoxy) is 1. The molecule has 6 heteroatoms. The van der Waals surface area contributed by atoms with Gasteiger partial charge in [-0.2, -0.15) is 0 Å². The van der Waals surface area contributed by atoms with E-state index in [-0.39, 0.29) is 5.91 Å². The van der Waals surface area contributed by atoms with Gasteiger partial charge in [0.2, 0.25) is 0 Å². The van der Waals surface area contributed by atoms with E-state index in [2.05, 4.69) is 26.2 Å². The van der Waals surface area contributed by atoms with E-state index >= 15 is 0 Å². The van der Waals surface area contributed by atoms with E-state index in [1.807, 2.05) is 30.5 Å². The van der Waals surface area contributed by atoms with Crippen molar-refractivity contribution in [2.75, 3.05) is 43.1 Å². The molecule has 0 radical (unpaired) electrons. The third-order valence-corrected chi connectivity index (χ3v) is 5.75. The van der Waals surface area contributed by atoms with Gasteiger partial charge in [0.15, 0.2) is 0 Å². The predicted molar refractivity (Wildman–Crippen MR) is 111 cm³/mol. The van der Waals surface area contributed by atoms with Crippen LogP contribution in [0.4, 0.5) is 11.4 Å². The lowest BCUT2D eigenvalue weighted by Crippen LogP contribution is -2.46. The predicted octanol–water partition coefficient (Wildman–Crippen LogP) is 3.09. The van der Waals surface area contributed by atoms with Gasteiger partial charge in [0.25, 0.3) is 5.91 Å². The largest absolute Gasteiger partial charge is 0.495 e. The Hall–Kier alpha value is -2.76. The van der Waals surface area contributed by atoms with Crippen LogP contribution in [0.3, 0.4) is 0 Å². The molecule has 4 rings (SSSR count). The second-order valence-corrected chi connectivity index (χ2v) is 7.53. The van der Waals surface area contributed by atoms with Gasteiger partial charge in [-0.1, -0.05) is 25.0 Å². The number of amides is 1. The van der Waals surface area contributed by atoms with E-state index in [1.165, 1.54) is 12.8 Å². The first kappa shape index (κ1) is 18.6. The molecule has 0 spiro atoms. The number of nitrogens with one attached hydrogen (secondary N) is 1. The smallest absolute Gasteiger partial charge is 0.253 e. The Bertz CT molecular complexity index is 812. The Kier molecular flexibility index (Phi) is 5.65. The summed E-state index contributed by atoms with van der Waals surface area (Å²) in [5, 5.41) is 3.15. The first-order chi connectivity index (χ1) is 13.7. The Morgan fingerprint density at radius 3 is 2.54 bits per heavy atom. The highest BCUT2D eigenvalue weighted by atomic mass is 16.5. The summed E-state index contributed by atoms with van der Waals surface area (Å²) in [5.41, 5.74) is 2.79. The maximum Gasteiger partial charge on any atom is 0.253 e. The molecule has 1 N–H and O–H groups in total. The maximum atomic E-state index is 12.6. The van der Waals surface area contributed by atoms with E-state index < -0.39 is 0 Å². The first-order valence-electron chi connectivity index (χ1n) is 10.1. The highest BCUT2D eigenvalue weighted by Gasteiger charge is 2.22. The number of rotatable bonds is 5. The Balaban J connectivity index is 1.40. The lowest BCUT2D eigenvalue weighted by Gasteiger charge is -2.37. The molecule has 28 heavy (non-hydrogen) atoms. The Labute approximate surface area is 166 Å². The van der Waals surface area contributed by atoms with Gasteiger partial charge in [0.05, 0.1) is 30.2 Å². The number of para-hydroxylation sites is 2. The van der Waals surface area contributed by atoms with Gasteiger partial charge >= 0.3 is 0 Å². The second-order valence-electron chi connectivity index (χ2n) is 7.53. The number of benzene rings is 1. The molecule has 2 aromatic rings. The van der Waals surface area contributed by atoms with Crippen LogP contribution in [0.1, 0.15) is 36.0 Å². The number of nitrogens with zero attached hydrogens (tertiary/aromatic N) is 3. The molecule has 1 saturated carbocycles. The third-order valence-electron chi connectivity index (χ3n) is 5.75. The minimum absolute atomic E-state index is 0.00564. The fraction of sp³-hybridized carbons (Fsp3) is 0.455. The van der Waals surface area contributed by atoms with Crippen molar-refractivity contribution in [2.24, 2.45) is 0 Å². The summed E-state index contributed by atoms with van der Waals surface area (Å²) in [6.07, 6.45) is 8.11. The number of hydrogen-bond acceptors (Lipinski definition) is 5. The highest BCUT2D eigenvalue weighted by Crippen LogP contribution is 2.29. The van der Waals surface area contributed by atoms with Crippen LogP contribution in [0, 0.1) is 0 Å². The van der Waals surface area contributed by atoms with Crippen molar-refractivity contribution in [2.45, 2.75) is 31.7 Å². The molecule has 0 unspecified atom stereocenters. The standard InChI is InChI=1S/C22H28N4O2/c1-28-21-9-5-4-8-20(21)26-12-10-25(11-13-26)19-14-17(15-23-16-19)22(27)24-18-6-2-3-7-18/h4-5,8-9,14-16,18H,2-3,6-7,10-13H2,1H3,(H,24,27). The summed E-state index contributed by atoms with van der Waals surface area (Å²) in [7, 11) is 1.71. The number of anilines is 2. The molecule has 1 amide bonds. The van der Waals surface area contributed by atoms with Crippen molar-refractivity contribution in [1.82, 2.24) is 10.3 Å². The average Bonchev–Trinajstić information content (AvgIpc) is 3.27. The van der Waals surface area contributed by atoms with E-state index in [9.17, 15) is 4.79 Å². The van der Waals surface area contributed by atoms with E-state index in [0.717, 1.165) is 56.1 Å². The van der Waals surface area contributed by atoms with Gasteiger partial charge in [-0.15, -0.1) is 0 Å². The minimum Gasteiger partial charge on any atom is -0.495 e. The van der Waals surface area contributed by atoms with Crippen LogP contribution >= 0.6 is 0 Å². The summed E-state index contributed by atoms with van der Waals surface area (Å²) >= 11 is 0. The summed E-state index contributed by atoms with van der Waals surface area (Å²) in [6.45, 7) is 3.57. The van der Waals surface area contributed by atoms with Gasteiger partial charge in [-0.3, -0.25) is 9.78 Å². The zero-order chi connectivity index (χ0) is 19.3. The molecule has 2 aliphatic rings. The van der Waals surface area contributed by atoms with Gasteiger partial charge in [0, 0.05) is 38.4 Å². The lowest BCUT2D eigenvalue weighted by atomic mass is 10.2. The molecular weight excluding hydrogens is 352 g/mol. The van der Waals surface area contributed by atoms with Gasteiger partial charge in [0.1, 0.15) is 5.75 Å². The number of methoxy groups -OCH3 is 1. The monoisotopic (exact) mass is 380 g/mol. The average molecular weight is 380 g/mol. The summed E-state index contributed by atoms with van der Waals surface area (Å²) in [5.74, 6) is 0.900. The molecule has 1 aromatic carbocycles. The van der Waals surface area contributed by atoms with E-state index in [4.69, 9.17) is 4.74 Å². The molecule has 148 valence electrons. The van der Waals surface area contributed by atoms with Crippen LogP contribution in [-0.4, -0.2) is 50.2 Å². The molecule has 0 atom stereocenters. The summed E-state index contributed by atoms with van der Waals surface area (Å²) in [4.78, 5) is 21.5. The van der Waals surface area contributed by atoms with E-state index in [1.54, 1.807) is 13.3 Å². The third kappa shape index (κ3) is 4.06. The van der Waals surface area contributed by atoms with Crippen LogP contribution in [-0.2, 0) is 0 Å². The normalized spacial score (nSPS) is 17.6. The Morgan fingerprint density at radius 2 is 1.79 bits per heavy atom. The van der Waals surface area contributed by atoms with Gasteiger partial charge in [-0.05, 0) is 31.0 Å². The van der Waals surface area contributed by atoms with Crippen molar-refractivity contribution in [1.29, 1.82) is 0 Å². The van der Waals surface area contributed by atoms with E-state index in [0.29, 0.717) is 11.6 Å². The summed E-state index contributed by atoms with van der Waals surface area (Å²) in [6, 6.07) is 10.4. The van der Waals surface area contributed by atoms with Gasteiger partial charge < -0.3 is 19.9 Å². The molecule has 6 nitrogen and oxygen atoms in total. The molecule has 0 bridgehead atoms. The van der Waals surface area contributed by atoms with Crippen molar-refractivity contribution >= 4 is 17.3 Å². The number of aromatic nitrogens is 1. The van der Waals surface area contributed by atoms with Gasteiger partial charge in [-0.25, -0.2) is 0 Å². The molecule has 1 aliphatic heterocycles. The molecule has 1 saturated heterocycles. The lowest BCUT2D eigenvalue weighted by molar-refractivity contribution is 0.0937. The molecule has 2 heterocycles. The van der Waals surface area contributed by atoms with Crippen molar-refractivity contribution in [3.8, 4) is 5.75 Å². The topological polar surface area (TPSA) is 57.7 Å². The fourth-order valence-corrected chi connectivity index (χ4v) is 4.16. The van der Waals surface area contributed by atoms with Crippen LogP contribution in [0.5, 0.6) is 5.75 Å². The van der Waals surface area contributed by atoms with Crippen molar-refractivity contribution in [3.05, 3.63) is 48.3 Å².